The SMILES string of the molecule is COCc1nc(OC)c2c(C)c(C(=O)NCCc3ccc(N)cc3)sc2n1. The number of benzene rings is 1. The van der Waals surface area contributed by atoms with Gasteiger partial charge >= 0.3 is 0 Å². The molecule has 0 spiro atoms. The molecule has 27 heavy (non-hydrogen) atoms. The molecule has 3 N–H and O–H groups in total. The number of rotatable bonds is 7. The second kappa shape index (κ2) is 8.32. The number of nitrogens with one attached hydrogen (secondary N) is 1. The zero-order chi connectivity index (χ0) is 19.4. The standard InChI is InChI=1S/C19H22N4O3S/c1-11-15-18(26-3)22-14(10-25-2)23-19(15)27-16(11)17(24)21-9-8-12-4-6-13(20)7-5-12/h4-7H,8-10,20H2,1-3H3,(H,21,24). The number of amides is 1. The van der Waals surface area contributed by atoms with Crippen LogP contribution in [0.2, 0.25) is 0 Å². The van der Waals surface area contributed by atoms with E-state index in [1.54, 1.807) is 14.2 Å². The molecular formula is C19H22N4O3S. The molecule has 0 saturated carbocycles. The average molecular weight is 386 g/mol. The summed E-state index contributed by atoms with van der Waals surface area (Å²) in [7, 11) is 3.14. The lowest BCUT2D eigenvalue weighted by Crippen LogP contribution is -2.25. The summed E-state index contributed by atoms with van der Waals surface area (Å²) in [6, 6.07) is 7.64. The Morgan fingerprint density at radius 3 is 2.63 bits per heavy atom. The fraction of sp³-hybridized carbons (Fsp3) is 0.316. The topological polar surface area (TPSA) is 99.4 Å². The average Bonchev–Trinajstić information content (AvgIpc) is 2.99. The molecule has 0 unspecified atom stereocenters. The van der Waals surface area contributed by atoms with Crippen LogP contribution in [0.25, 0.3) is 10.2 Å². The maximum Gasteiger partial charge on any atom is 0.261 e. The third-order valence-corrected chi connectivity index (χ3v) is 5.34. The van der Waals surface area contributed by atoms with Gasteiger partial charge in [-0.15, -0.1) is 11.3 Å². The zero-order valence-electron chi connectivity index (χ0n) is 15.5. The van der Waals surface area contributed by atoms with Gasteiger partial charge < -0.3 is 20.5 Å². The van der Waals surface area contributed by atoms with Gasteiger partial charge in [0.1, 0.15) is 11.4 Å². The molecule has 142 valence electrons. The highest BCUT2D eigenvalue weighted by molar-refractivity contribution is 7.20. The van der Waals surface area contributed by atoms with Gasteiger partial charge in [0.05, 0.1) is 17.4 Å². The normalized spacial score (nSPS) is 10.9. The van der Waals surface area contributed by atoms with E-state index in [1.807, 2.05) is 31.2 Å². The number of thiophene rings is 1. The number of carbonyl (C=O) groups excluding carboxylic acids is 1. The van der Waals surface area contributed by atoms with Gasteiger partial charge in [0.15, 0.2) is 5.82 Å². The summed E-state index contributed by atoms with van der Waals surface area (Å²) >= 11 is 1.33. The van der Waals surface area contributed by atoms with Crippen molar-refractivity contribution in [3.63, 3.8) is 0 Å². The molecule has 0 aliphatic rings. The van der Waals surface area contributed by atoms with E-state index in [2.05, 4.69) is 15.3 Å². The lowest BCUT2D eigenvalue weighted by atomic mass is 10.1. The van der Waals surface area contributed by atoms with Crippen LogP contribution in [-0.4, -0.2) is 36.6 Å². The third kappa shape index (κ3) is 4.17. The Bertz CT molecular complexity index is 954. The largest absolute Gasteiger partial charge is 0.480 e. The van der Waals surface area contributed by atoms with Crippen molar-refractivity contribution in [1.82, 2.24) is 15.3 Å². The number of nitrogen functional groups attached to an aromatic ring is 1. The minimum absolute atomic E-state index is 0.124. The fourth-order valence-electron chi connectivity index (χ4n) is 2.79. The van der Waals surface area contributed by atoms with E-state index >= 15 is 0 Å². The number of fused-ring (bicyclic) bond motifs is 1. The first-order valence-electron chi connectivity index (χ1n) is 8.49. The highest BCUT2D eigenvalue weighted by atomic mass is 32.1. The van der Waals surface area contributed by atoms with Crippen LogP contribution >= 0.6 is 11.3 Å². The maximum atomic E-state index is 12.7. The number of hydrogen-bond acceptors (Lipinski definition) is 7. The summed E-state index contributed by atoms with van der Waals surface area (Å²) in [4.78, 5) is 22.8. The van der Waals surface area contributed by atoms with Crippen molar-refractivity contribution in [1.29, 1.82) is 0 Å². The van der Waals surface area contributed by atoms with Crippen molar-refractivity contribution >= 4 is 33.1 Å². The molecular weight excluding hydrogens is 364 g/mol. The number of hydrogen-bond donors (Lipinski definition) is 2. The molecule has 0 aliphatic carbocycles. The number of methoxy groups -OCH3 is 2. The summed E-state index contributed by atoms with van der Waals surface area (Å²) in [6.07, 6.45) is 0.733. The molecule has 7 nitrogen and oxygen atoms in total. The number of ether oxygens (including phenoxy) is 2. The highest BCUT2D eigenvalue weighted by Gasteiger charge is 2.21. The predicted octanol–water partition coefficient (Wildman–Crippen LogP) is 2.71. The molecule has 3 aromatic rings. The molecule has 0 saturated heterocycles. The molecule has 2 aromatic heterocycles. The summed E-state index contributed by atoms with van der Waals surface area (Å²) in [6.45, 7) is 2.70. The van der Waals surface area contributed by atoms with Gasteiger partial charge in [-0.2, -0.15) is 4.98 Å². The Morgan fingerprint density at radius 1 is 1.22 bits per heavy atom. The number of anilines is 1. The molecule has 0 fully saturated rings. The van der Waals surface area contributed by atoms with Crippen molar-refractivity contribution < 1.29 is 14.3 Å². The van der Waals surface area contributed by atoms with E-state index in [0.29, 0.717) is 23.1 Å². The number of nitrogens with two attached hydrogens (primary N) is 1. The Balaban J connectivity index is 1.77. The zero-order valence-corrected chi connectivity index (χ0v) is 16.4. The van der Waals surface area contributed by atoms with E-state index < -0.39 is 0 Å². The van der Waals surface area contributed by atoms with Crippen LogP contribution in [0, 0.1) is 6.92 Å². The van der Waals surface area contributed by atoms with E-state index in [9.17, 15) is 4.79 Å². The van der Waals surface area contributed by atoms with Crippen LogP contribution in [0.15, 0.2) is 24.3 Å². The van der Waals surface area contributed by atoms with E-state index in [4.69, 9.17) is 15.2 Å². The highest BCUT2D eigenvalue weighted by Crippen LogP contribution is 2.35. The molecule has 0 radical (unpaired) electrons. The second-order valence-corrected chi connectivity index (χ2v) is 7.07. The summed E-state index contributed by atoms with van der Waals surface area (Å²) in [5.41, 5.74) is 8.36. The summed E-state index contributed by atoms with van der Waals surface area (Å²) in [5, 5.41) is 3.74. The van der Waals surface area contributed by atoms with Gasteiger partial charge in [0, 0.05) is 19.3 Å². The van der Waals surface area contributed by atoms with Crippen LogP contribution in [0.5, 0.6) is 5.88 Å². The molecule has 3 rings (SSSR count). The van der Waals surface area contributed by atoms with Crippen LogP contribution in [0.4, 0.5) is 5.69 Å². The first-order valence-corrected chi connectivity index (χ1v) is 9.30. The quantitative estimate of drug-likeness (QED) is 0.606. The van der Waals surface area contributed by atoms with Crippen LogP contribution < -0.4 is 15.8 Å². The van der Waals surface area contributed by atoms with Gasteiger partial charge in [0.25, 0.3) is 5.91 Å². The lowest BCUT2D eigenvalue weighted by Gasteiger charge is -2.06. The smallest absolute Gasteiger partial charge is 0.261 e. The van der Waals surface area contributed by atoms with Crippen LogP contribution in [0.1, 0.15) is 26.6 Å². The minimum Gasteiger partial charge on any atom is -0.480 e. The maximum absolute atomic E-state index is 12.7. The lowest BCUT2D eigenvalue weighted by molar-refractivity contribution is 0.0957. The predicted molar refractivity (Wildman–Crippen MR) is 106 cm³/mol. The molecule has 8 heteroatoms. The Kier molecular flexibility index (Phi) is 5.88. The Labute approximate surface area is 161 Å². The first kappa shape index (κ1) is 19.1. The van der Waals surface area contributed by atoms with Crippen molar-refractivity contribution in [3.05, 3.63) is 46.1 Å². The summed E-state index contributed by atoms with van der Waals surface area (Å²) in [5.74, 6) is 0.862. The molecule has 2 heterocycles. The van der Waals surface area contributed by atoms with Gasteiger partial charge in [-0.1, -0.05) is 12.1 Å². The Morgan fingerprint density at radius 2 is 1.96 bits per heavy atom. The second-order valence-electron chi connectivity index (χ2n) is 6.07. The molecule has 1 amide bonds. The summed E-state index contributed by atoms with van der Waals surface area (Å²) < 4.78 is 10.5. The fourth-order valence-corrected chi connectivity index (χ4v) is 3.89. The molecule has 0 atom stereocenters. The number of nitrogens with zero attached hydrogens (tertiary/aromatic N) is 2. The first-order chi connectivity index (χ1) is 13.0. The van der Waals surface area contributed by atoms with Crippen molar-refractivity contribution in [2.24, 2.45) is 0 Å². The van der Waals surface area contributed by atoms with E-state index in [1.165, 1.54) is 11.3 Å². The number of aromatic nitrogens is 2. The van der Waals surface area contributed by atoms with Gasteiger partial charge in [-0.3, -0.25) is 4.79 Å². The van der Waals surface area contributed by atoms with E-state index in [-0.39, 0.29) is 12.5 Å². The van der Waals surface area contributed by atoms with Gasteiger partial charge in [-0.05, 0) is 36.6 Å². The Hall–Kier alpha value is -2.71. The minimum atomic E-state index is -0.124. The van der Waals surface area contributed by atoms with E-state index in [0.717, 1.165) is 33.5 Å². The van der Waals surface area contributed by atoms with Crippen LogP contribution in [0.3, 0.4) is 0 Å². The monoisotopic (exact) mass is 386 g/mol. The number of aryl methyl sites for hydroxylation is 1. The third-order valence-electron chi connectivity index (χ3n) is 4.16. The van der Waals surface area contributed by atoms with Gasteiger partial charge in [0.2, 0.25) is 5.88 Å². The van der Waals surface area contributed by atoms with Crippen molar-refractivity contribution in [2.45, 2.75) is 20.0 Å². The number of carbonyl (C=O) groups is 1. The van der Waals surface area contributed by atoms with Crippen LogP contribution in [-0.2, 0) is 17.8 Å². The molecule has 1 aromatic carbocycles. The van der Waals surface area contributed by atoms with Gasteiger partial charge in [-0.25, -0.2) is 4.98 Å². The van der Waals surface area contributed by atoms with Crippen molar-refractivity contribution in [3.8, 4) is 5.88 Å². The van der Waals surface area contributed by atoms with Crippen molar-refractivity contribution in [2.75, 3.05) is 26.5 Å². The molecule has 0 bridgehead atoms. The molecule has 0 aliphatic heterocycles.